The summed E-state index contributed by atoms with van der Waals surface area (Å²) in [5.41, 5.74) is 0. The fourth-order valence-electron chi connectivity index (χ4n) is 2.52. The lowest BCUT2D eigenvalue weighted by atomic mass is 9.97. The fraction of sp³-hybridized carbons (Fsp3) is 0.833. The molecule has 0 aromatic rings. The van der Waals surface area contributed by atoms with Crippen molar-refractivity contribution in [3.8, 4) is 0 Å². The summed E-state index contributed by atoms with van der Waals surface area (Å²) in [6.07, 6.45) is 3.91. The van der Waals surface area contributed by atoms with Crippen LogP contribution in [0.25, 0.3) is 0 Å². The molecule has 1 amide bonds. The van der Waals surface area contributed by atoms with E-state index in [0.29, 0.717) is 26.1 Å². The second-order valence-corrected chi connectivity index (χ2v) is 4.82. The highest BCUT2D eigenvalue weighted by molar-refractivity contribution is 5.82. The highest BCUT2D eigenvalue weighted by atomic mass is 16.5. The minimum absolute atomic E-state index is 0.0179. The van der Waals surface area contributed by atoms with Crippen molar-refractivity contribution >= 4 is 11.9 Å². The van der Waals surface area contributed by atoms with E-state index in [0.717, 1.165) is 25.7 Å². The van der Waals surface area contributed by atoms with Gasteiger partial charge in [0.2, 0.25) is 0 Å². The monoisotopic (exact) mass is 241 g/mol. The molecule has 2 aliphatic rings. The maximum Gasteiger partial charge on any atom is 0.308 e. The van der Waals surface area contributed by atoms with Crippen LogP contribution in [0.5, 0.6) is 0 Å². The van der Waals surface area contributed by atoms with Crippen molar-refractivity contribution in [3.05, 3.63) is 0 Å². The quantitative estimate of drug-likeness (QED) is 0.779. The van der Waals surface area contributed by atoms with Gasteiger partial charge in [-0.15, -0.1) is 0 Å². The minimum Gasteiger partial charge on any atom is -0.481 e. The smallest absolute Gasteiger partial charge is 0.308 e. The van der Waals surface area contributed by atoms with Crippen LogP contribution in [0.1, 0.15) is 32.1 Å². The number of carbonyl (C=O) groups is 2. The van der Waals surface area contributed by atoms with Crippen LogP contribution in [-0.4, -0.2) is 47.7 Å². The van der Waals surface area contributed by atoms with Crippen molar-refractivity contribution in [1.82, 2.24) is 4.90 Å². The molecular formula is C12H19NO4. The normalized spacial score (nSPS) is 30.0. The number of carboxylic acid groups (broad SMARTS) is 1. The topological polar surface area (TPSA) is 66.8 Å². The molecule has 0 bridgehead atoms. The van der Waals surface area contributed by atoms with Crippen LogP contribution >= 0.6 is 0 Å². The predicted octanol–water partition coefficient (Wildman–Crippen LogP) is 0.879. The van der Waals surface area contributed by atoms with Gasteiger partial charge in [0.1, 0.15) is 6.10 Å². The van der Waals surface area contributed by atoms with Gasteiger partial charge in [-0.2, -0.15) is 0 Å². The Labute approximate surface area is 101 Å². The zero-order valence-corrected chi connectivity index (χ0v) is 9.93. The molecule has 2 atom stereocenters. The van der Waals surface area contributed by atoms with Gasteiger partial charge in [0, 0.05) is 19.7 Å². The Morgan fingerprint density at radius 3 is 2.65 bits per heavy atom. The van der Waals surface area contributed by atoms with Crippen LogP contribution in [-0.2, 0) is 14.3 Å². The lowest BCUT2D eigenvalue weighted by molar-refractivity contribution is -0.152. The third-order valence-corrected chi connectivity index (χ3v) is 3.54. The van der Waals surface area contributed by atoms with E-state index in [9.17, 15) is 9.59 Å². The molecule has 2 heterocycles. The number of piperidine rings is 1. The van der Waals surface area contributed by atoms with E-state index < -0.39 is 11.9 Å². The Morgan fingerprint density at radius 2 is 2.00 bits per heavy atom. The van der Waals surface area contributed by atoms with Gasteiger partial charge < -0.3 is 14.7 Å². The number of aliphatic carboxylic acids is 1. The van der Waals surface area contributed by atoms with Gasteiger partial charge in [0.15, 0.2) is 0 Å². The standard InChI is InChI=1S/C12H19NO4/c14-11(10-5-1-2-7-17-10)13-6-3-4-9(8-13)12(15)16/h9-10H,1-8H2,(H,15,16)/t9-,10+/m0/s1. The van der Waals surface area contributed by atoms with E-state index in [1.54, 1.807) is 4.90 Å². The lowest BCUT2D eigenvalue weighted by Gasteiger charge is -2.34. The van der Waals surface area contributed by atoms with Gasteiger partial charge in [-0.25, -0.2) is 0 Å². The molecule has 0 unspecified atom stereocenters. The SMILES string of the molecule is O=C(O)[C@H]1CCCN(C(=O)[C@H]2CCCCO2)C1. The molecule has 96 valence electrons. The Hall–Kier alpha value is -1.10. The second kappa shape index (κ2) is 5.49. The summed E-state index contributed by atoms with van der Waals surface area (Å²) in [7, 11) is 0. The van der Waals surface area contributed by atoms with E-state index in [-0.39, 0.29) is 12.0 Å². The Kier molecular flexibility index (Phi) is 3.99. The molecule has 17 heavy (non-hydrogen) atoms. The van der Waals surface area contributed by atoms with Gasteiger partial charge in [-0.1, -0.05) is 0 Å². The molecule has 0 aliphatic carbocycles. The molecule has 2 aliphatic heterocycles. The first kappa shape index (κ1) is 12.4. The van der Waals surface area contributed by atoms with Crippen LogP contribution in [0.4, 0.5) is 0 Å². The minimum atomic E-state index is -0.799. The molecule has 2 fully saturated rings. The molecule has 2 saturated heterocycles. The van der Waals surface area contributed by atoms with Crippen LogP contribution in [0.15, 0.2) is 0 Å². The first-order valence-electron chi connectivity index (χ1n) is 6.31. The zero-order chi connectivity index (χ0) is 12.3. The summed E-state index contributed by atoms with van der Waals surface area (Å²) < 4.78 is 5.45. The molecule has 5 nitrogen and oxygen atoms in total. The number of ether oxygens (including phenoxy) is 1. The molecular weight excluding hydrogens is 222 g/mol. The second-order valence-electron chi connectivity index (χ2n) is 4.82. The highest BCUT2D eigenvalue weighted by Crippen LogP contribution is 2.21. The maximum absolute atomic E-state index is 12.1. The van der Waals surface area contributed by atoms with Crippen molar-refractivity contribution < 1.29 is 19.4 Å². The third-order valence-electron chi connectivity index (χ3n) is 3.54. The van der Waals surface area contributed by atoms with Crippen LogP contribution in [0.2, 0.25) is 0 Å². The largest absolute Gasteiger partial charge is 0.481 e. The number of rotatable bonds is 2. The van der Waals surface area contributed by atoms with E-state index in [1.807, 2.05) is 0 Å². The number of carboxylic acids is 1. The number of hydrogen-bond donors (Lipinski definition) is 1. The molecule has 2 rings (SSSR count). The summed E-state index contributed by atoms with van der Waals surface area (Å²) in [6, 6.07) is 0. The number of likely N-dealkylation sites (tertiary alicyclic amines) is 1. The summed E-state index contributed by atoms with van der Waals surface area (Å²) in [5.74, 6) is -1.22. The Bertz CT molecular complexity index is 299. The van der Waals surface area contributed by atoms with E-state index in [2.05, 4.69) is 0 Å². The van der Waals surface area contributed by atoms with Crippen molar-refractivity contribution in [2.24, 2.45) is 5.92 Å². The van der Waals surface area contributed by atoms with Gasteiger partial charge in [0.05, 0.1) is 5.92 Å². The summed E-state index contributed by atoms with van der Waals surface area (Å²) in [4.78, 5) is 24.7. The van der Waals surface area contributed by atoms with Crippen LogP contribution < -0.4 is 0 Å². The summed E-state index contributed by atoms with van der Waals surface area (Å²) in [6.45, 7) is 1.66. The molecule has 0 radical (unpaired) electrons. The van der Waals surface area contributed by atoms with E-state index in [1.165, 1.54) is 0 Å². The lowest BCUT2D eigenvalue weighted by Crippen LogP contribution is -2.47. The predicted molar refractivity (Wildman–Crippen MR) is 60.5 cm³/mol. The molecule has 0 aromatic carbocycles. The van der Waals surface area contributed by atoms with E-state index >= 15 is 0 Å². The highest BCUT2D eigenvalue weighted by Gasteiger charge is 2.32. The van der Waals surface area contributed by atoms with Gasteiger partial charge >= 0.3 is 5.97 Å². The first-order valence-corrected chi connectivity index (χ1v) is 6.31. The summed E-state index contributed by atoms with van der Waals surface area (Å²) >= 11 is 0. The average Bonchev–Trinajstić information content (AvgIpc) is 2.39. The number of amides is 1. The van der Waals surface area contributed by atoms with Crippen molar-refractivity contribution in [1.29, 1.82) is 0 Å². The molecule has 0 spiro atoms. The van der Waals surface area contributed by atoms with Crippen LogP contribution in [0.3, 0.4) is 0 Å². The summed E-state index contributed by atoms with van der Waals surface area (Å²) in [5, 5.41) is 8.98. The van der Waals surface area contributed by atoms with Gasteiger partial charge in [-0.05, 0) is 32.1 Å². The van der Waals surface area contributed by atoms with Crippen LogP contribution in [0, 0.1) is 5.92 Å². The van der Waals surface area contributed by atoms with Gasteiger partial charge in [0.25, 0.3) is 5.91 Å². The van der Waals surface area contributed by atoms with Crippen molar-refractivity contribution in [3.63, 3.8) is 0 Å². The Morgan fingerprint density at radius 1 is 1.18 bits per heavy atom. The van der Waals surface area contributed by atoms with Gasteiger partial charge in [-0.3, -0.25) is 9.59 Å². The molecule has 1 N–H and O–H groups in total. The Balaban J connectivity index is 1.91. The zero-order valence-electron chi connectivity index (χ0n) is 9.93. The average molecular weight is 241 g/mol. The first-order chi connectivity index (χ1) is 8.18. The van der Waals surface area contributed by atoms with E-state index in [4.69, 9.17) is 9.84 Å². The number of nitrogens with zero attached hydrogens (tertiary/aromatic N) is 1. The number of carbonyl (C=O) groups excluding carboxylic acids is 1. The third kappa shape index (κ3) is 2.97. The van der Waals surface area contributed by atoms with Crippen molar-refractivity contribution in [2.45, 2.75) is 38.2 Å². The molecule has 0 saturated carbocycles. The molecule has 5 heteroatoms. The van der Waals surface area contributed by atoms with Crippen molar-refractivity contribution in [2.75, 3.05) is 19.7 Å². The number of hydrogen-bond acceptors (Lipinski definition) is 3. The maximum atomic E-state index is 12.1. The molecule has 0 aromatic heterocycles. The fourth-order valence-corrected chi connectivity index (χ4v) is 2.52.